The third-order valence-corrected chi connectivity index (χ3v) is 2.15. The summed E-state index contributed by atoms with van der Waals surface area (Å²) in [4.78, 5) is -0.0741. The molecule has 0 unspecified atom stereocenters. The minimum atomic E-state index is -4.00. The number of aromatic amines is 1. The SMILES string of the molecule is O=S(=O)(O)c1ccccc1.[c-]1nn[nH]n1. The van der Waals surface area contributed by atoms with E-state index in [-0.39, 0.29) is 4.90 Å². The molecular formula is C7H7N4O3S-. The molecule has 0 aliphatic carbocycles. The van der Waals surface area contributed by atoms with Crippen LogP contribution in [-0.2, 0) is 10.1 Å². The molecule has 0 aliphatic rings. The van der Waals surface area contributed by atoms with Gasteiger partial charge in [0.15, 0.2) is 0 Å². The maximum Gasteiger partial charge on any atom is 0.294 e. The molecule has 7 nitrogen and oxygen atoms in total. The van der Waals surface area contributed by atoms with Gasteiger partial charge in [0, 0.05) is 0 Å². The van der Waals surface area contributed by atoms with Crippen LogP contribution in [0.5, 0.6) is 0 Å². The van der Waals surface area contributed by atoms with E-state index in [0.29, 0.717) is 0 Å². The maximum atomic E-state index is 10.4. The number of hydrogen-bond donors (Lipinski definition) is 2. The first-order chi connectivity index (χ1) is 7.11. The fourth-order valence-corrected chi connectivity index (χ4v) is 1.21. The van der Waals surface area contributed by atoms with E-state index in [0.717, 1.165) is 0 Å². The largest absolute Gasteiger partial charge is 0.357 e. The smallest absolute Gasteiger partial charge is 0.294 e. The van der Waals surface area contributed by atoms with Gasteiger partial charge in [-0.2, -0.15) is 8.42 Å². The highest BCUT2D eigenvalue weighted by atomic mass is 32.2. The molecule has 0 radical (unpaired) electrons. The Bertz CT molecular complexity index is 451. The topological polar surface area (TPSA) is 109 Å². The van der Waals surface area contributed by atoms with Crippen LogP contribution < -0.4 is 0 Å². The Kier molecular flexibility index (Phi) is 3.89. The molecule has 1 heterocycles. The third kappa shape index (κ3) is 4.29. The van der Waals surface area contributed by atoms with Crippen LogP contribution in [0.15, 0.2) is 35.2 Å². The fraction of sp³-hybridized carbons (Fsp3) is 0. The predicted molar refractivity (Wildman–Crippen MR) is 49.3 cm³/mol. The second kappa shape index (κ2) is 5.17. The second-order valence-electron chi connectivity index (χ2n) is 2.30. The average Bonchev–Trinajstić information content (AvgIpc) is 2.76. The summed E-state index contributed by atoms with van der Waals surface area (Å²) in [5.74, 6) is 0. The summed E-state index contributed by atoms with van der Waals surface area (Å²) in [6.45, 7) is 0. The molecule has 0 fully saturated rings. The molecule has 1 aromatic heterocycles. The van der Waals surface area contributed by atoms with Gasteiger partial charge in [-0.15, -0.1) is 0 Å². The summed E-state index contributed by atoms with van der Waals surface area (Å²) in [6, 6.07) is 7.42. The van der Waals surface area contributed by atoms with Crippen LogP contribution in [0.3, 0.4) is 0 Å². The van der Waals surface area contributed by atoms with Crippen LogP contribution in [0.4, 0.5) is 0 Å². The first-order valence-electron chi connectivity index (χ1n) is 3.73. The molecule has 0 spiro atoms. The molecule has 2 N–H and O–H groups in total. The van der Waals surface area contributed by atoms with Gasteiger partial charge in [0.05, 0.1) is 4.90 Å². The Morgan fingerprint density at radius 3 is 2.20 bits per heavy atom. The van der Waals surface area contributed by atoms with Crippen LogP contribution >= 0.6 is 0 Å². The minimum absolute atomic E-state index is 0.0741. The molecule has 0 aliphatic heterocycles. The molecular weight excluding hydrogens is 220 g/mol. The molecule has 0 saturated heterocycles. The maximum absolute atomic E-state index is 10.4. The van der Waals surface area contributed by atoms with E-state index in [1.165, 1.54) is 12.1 Å². The average molecular weight is 227 g/mol. The lowest BCUT2D eigenvalue weighted by Crippen LogP contribution is -1.96. The Balaban J connectivity index is 0.000000187. The van der Waals surface area contributed by atoms with Crippen molar-refractivity contribution in [2.24, 2.45) is 0 Å². The normalized spacial score (nSPS) is 10.2. The van der Waals surface area contributed by atoms with Gasteiger partial charge in [-0.25, -0.2) is 11.5 Å². The van der Waals surface area contributed by atoms with E-state index in [4.69, 9.17) is 4.55 Å². The Hall–Kier alpha value is -1.80. The zero-order valence-corrected chi connectivity index (χ0v) is 8.22. The minimum Gasteiger partial charge on any atom is -0.357 e. The van der Waals surface area contributed by atoms with Crippen molar-refractivity contribution in [1.82, 2.24) is 20.6 Å². The van der Waals surface area contributed by atoms with E-state index >= 15 is 0 Å². The standard InChI is InChI=1S/C6H6O3S.CHN4/c7-10(8,9)6-4-2-1-3-5-6;1-2-4-5-3-1/h1-5H,(H,7,8,9);(H,2,3,4,5)/q;-1. The summed E-state index contributed by atoms with van der Waals surface area (Å²) < 4.78 is 29.2. The monoisotopic (exact) mass is 227 g/mol. The van der Waals surface area contributed by atoms with E-state index < -0.39 is 10.1 Å². The quantitative estimate of drug-likeness (QED) is 0.521. The zero-order chi connectivity index (χ0) is 11.1. The lowest BCUT2D eigenvalue weighted by Gasteiger charge is -1.92. The van der Waals surface area contributed by atoms with Crippen LogP contribution in [0.2, 0.25) is 0 Å². The van der Waals surface area contributed by atoms with E-state index in [1.54, 1.807) is 18.2 Å². The van der Waals surface area contributed by atoms with Crippen molar-refractivity contribution in [3.8, 4) is 0 Å². The number of benzene rings is 1. The second-order valence-corrected chi connectivity index (χ2v) is 3.72. The highest BCUT2D eigenvalue weighted by Crippen LogP contribution is 2.05. The van der Waals surface area contributed by atoms with Gasteiger partial charge >= 0.3 is 0 Å². The molecule has 8 heteroatoms. The highest BCUT2D eigenvalue weighted by molar-refractivity contribution is 7.85. The molecule has 0 amide bonds. The molecule has 0 bridgehead atoms. The van der Waals surface area contributed by atoms with Gasteiger partial charge in [0.1, 0.15) is 0 Å². The highest BCUT2D eigenvalue weighted by Gasteiger charge is 2.05. The van der Waals surface area contributed by atoms with E-state index in [9.17, 15) is 8.42 Å². The number of rotatable bonds is 1. The van der Waals surface area contributed by atoms with Gasteiger partial charge in [-0.3, -0.25) is 4.55 Å². The van der Waals surface area contributed by atoms with Crippen LogP contribution in [0.25, 0.3) is 0 Å². The number of tetrazole rings is 1. The first-order valence-corrected chi connectivity index (χ1v) is 5.17. The zero-order valence-electron chi connectivity index (χ0n) is 7.40. The van der Waals surface area contributed by atoms with Crippen molar-refractivity contribution in [2.75, 3.05) is 0 Å². The van der Waals surface area contributed by atoms with Gasteiger partial charge in [0.2, 0.25) is 0 Å². The number of H-pyrrole nitrogens is 1. The van der Waals surface area contributed by atoms with Gasteiger partial charge in [-0.05, 0) is 12.1 Å². The first kappa shape index (κ1) is 11.3. The number of nitrogens with zero attached hydrogens (tertiary/aromatic N) is 3. The predicted octanol–water partition coefficient (Wildman–Crippen LogP) is -0.0668. The number of nitrogens with one attached hydrogen (secondary N) is 1. The summed E-state index contributed by atoms with van der Waals surface area (Å²) in [6.07, 6.45) is 2.19. The van der Waals surface area contributed by atoms with Crippen LogP contribution in [0.1, 0.15) is 0 Å². The molecule has 80 valence electrons. The fourth-order valence-electron chi connectivity index (χ4n) is 0.704. The molecule has 2 rings (SSSR count). The third-order valence-electron chi connectivity index (χ3n) is 1.28. The lowest BCUT2D eigenvalue weighted by atomic mass is 10.4. The van der Waals surface area contributed by atoms with Crippen LogP contribution in [-0.4, -0.2) is 33.6 Å². The van der Waals surface area contributed by atoms with Crippen molar-refractivity contribution < 1.29 is 13.0 Å². The summed E-state index contributed by atoms with van der Waals surface area (Å²) in [7, 11) is -4.00. The molecule has 15 heavy (non-hydrogen) atoms. The van der Waals surface area contributed by atoms with Gasteiger partial charge in [0.25, 0.3) is 10.1 Å². The Labute approximate surface area is 85.9 Å². The van der Waals surface area contributed by atoms with Crippen molar-refractivity contribution in [3.05, 3.63) is 36.7 Å². The van der Waals surface area contributed by atoms with Crippen molar-refractivity contribution in [1.29, 1.82) is 0 Å². The van der Waals surface area contributed by atoms with Crippen molar-refractivity contribution in [2.45, 2.75) is 4.90 Å². The number of aromatic nitrogens is 4. The van der Waals surface area contributed by atoms with Crippen molar-refractivity contribution in [3.63, 3.8) is 0 Å². The lowest BCUT2D eigenvalue weighted by molar-refractivity contribution is 0.483. The summed E-state index contributed by atoms with van der Waals surface area (Å²) >= 11 is 0. The molecule has 0 saturated carbocycles. The molecule has 2 aromatic rings. The molecule has 0 atom stereocenters. The Morgan fingerprint density at radius 2 is 1.93 bits per heavy atom. The summed E-state index contributed by atoms with van der Waals surface area (Å²) in [5, 5.41) is 11.8. The Morgan fingerprint density at radius 1 is 1.27 bits per heavy atom. The van der Waals surface area contributed by atoms with Gasteiger partial charge < -0.3 is 10.2 Å². The van der Waals surface area contributed by atoms with Crippen LogP contribution in [0, 0.1) is 6.33 Å². The van der Waals surface area contributed by atoms with Gasteiger partial charge in [-0.1, -0.05) is 23.4 Å². The van der Waals surface area contributed by atoms with E-state index in [1.807, 2.05) is 0 Å². The van der Waals surface area contributed by atoms with E-state index in [2.05, 4.69) is 27.0 Å². The van der Waals surface area contributed by atoms with Crippen molar-refractivity contribution >= 4 is 10.1 Å². The number of hydrogen-bond acceptors (Lipinski definition) is 5. The summed E-state index contributed by atoms with van der Waals surface area (Å²) in [5.41, 5.74) is 0. The molecule has 1 aromatic carbocycles.